The maximum absolute atomic E-state index is 6.09. The molecule has 2 N–H and O–H groups in total. The summed E-state index contributed by atoms with van der Waals surface area (Å²) in [6, 6.07) is 13.7. The van der Waals surface area contributed by atoms with E-state index in [2.05, 4.69) is 47.8 Å². The van der Waals surface area contributed by atoms with Crippen LogP contribution in [-0.2, 0) is 0 Å². The summed E-state index contributed by atoms with van der Waals surface area (Å²) in [5.74, 6) is 0.774. The van der Waals surface area contributed by atoms with Gasteiger partial charge in [-0.3, -0.25) is 0 Å². The molecular weight excluding hydrogens is 450 g/mol. The maximum Gasteiger partial charge on any atom is 0.139 e. The number of rotatable bonds is 4. The molecule has 0 aliphatic carbocycles. The van der Waals surface area contributed by atoms with E-state index in [9.17, 15) is 0 Å². The fourth-order valence-corrected chi connectivity index (χ4v) is 3.43. The number of nitrogens with two attached hydrogens (primary N) is 1. The van der Waals surface area contributed by atoms with Gasteiger partial charge in [-0.25, -0.2) is 0 Å². The molecule has 0 heterocycles. The molecule has 2 rings (SSSR count). The molecule has 2 aromatic carbocycles. The second-order valence-electron chi connectivity index (χ2n) is 4.53. The summed E-state index contributed by atoms with van der Waals surface area (Å²) in [6.07, 6.45) is -0.204. The van der Waals surface area contributed by atoms with Gasteiger partial charge in [0.2, 0.25) is 0 Å². The number of halogens is 3. The zero-order valence-electron chi connectivity index (χ0n) is 10.8. The highest BCUT2D eigenvalue weighted by Gasteiger charge is 2.19. The predicted octanol–water partition coefficient (Wildman–Crippen LogP) is 5.44. The fourth-order valence-electron chi connectivity index (χ4n) is 1.87. The third-order valence-corrected chi connectivity index (χ3v) is 4.41. The lowest BCUT2D eigenvalue weighted by Gasteiger charge is -2.24. The Morgan fingerprint density at radius 3 is 2.30 bits per heavy atom. The Labute approximate surface area is 144 Å². The molecule has 0 radical (unpaired) electrons. The maximum atomic E-state index is 6.09. The van der Waals surface area contributed by atoms with Crippen LogP contribution >= 0.6 is 47.8 Å². The molecular formula is C15H14Br3NO. The fraction of sp³-hybridized carbons (Fsp3) is 0.200. The van der Waals surface area contributed by atoms with Crippen molar-refractivity contribution in [2.75, 3.05) is 0 Å². The lowest BCUT2D eigenvalue weighted by molar-refractivity contribution is 0.179. The van der Waals surface area contributed by atoms with E-state index in [4.69, 9.17) is 10.5 Å². The van der Waals surface area contributed by atoms with E-state index in [1.165, 1.54) is 0 Å². The van der Waals surface area contributed by atoms with Crippen LogP contribution in [0.1, 0.15) is 18.6 Å². The summed E-state index contributed by atoms with van der Waals surface area (Å²) < 4.78 is 8.99. The van der Waals surface area contributed by atoms with Crippen LogP contribution in [0.4, 0.5) is 0 Å². The van der Waals surface area contributed by atoms with Crippen molar-refractivity contribution in [2.24, 2.45) is 5.73 Å². The van der Waals surface area contributed by atoms with E-state index in [1.54, 1.807) is 0 Å². The normalized spacial score (nSPS) is 13.8. The topological polar surface area (TPSA) is 35.2 Å². The largest absolute Gasteiger partial charge is 0.483 e. The third kappa shape index (κ3) is 4.07. The average Bonchev–Trinajstić information content (AvgIpc) is 2.37. The number of ether oxygens (including phenoxy) is 1. The first-order valence-electron chi connectivity index (χ1n) is 6.10. The Bertz CT molecular complexity index is 601. The van der Waals surface area contributed by atoms with Crippen LogP contribution in [0.25, 0.3) is 0 Å². The zero-order chi connectivity index (χ0) is 14.7. The van der Waals surface area contributed by atoms with Crippen LogP contribution in [0.2, 0.25) is 0 Å². The molecule has 0 aromatic heterocycles. The summed E-state index contributed by atoms with van der Waals surface area (Å²) in [5, 5.41) is 0. The lowest BCUT2D eigenvalue weighted by Crippen LogP contribution is -2.29. The van der Waals surface area contributed by atoms with Gasteiger partial charge in [0.25, 0.3) is 0 Å². The molecule has 106 valence electrons. The highest BCUT2D eigenvalue weighted by Crippen LogP contribution is 2.33. The van der Waals surface area contributed by atoms with Gasteiger partial charge in [0.05, 0.1) is 4.47 Å². The second-order valence-corrected chi connectivity index (χ2v) is 7.21. The van der Waals surface area contributed by atoms with Crippen LogP contribution < -0.4 is 10.5 Å². The van der Waals surface area contributed by atoms with Crippen molar-refractivity contribution in [3.63, 3.8) is 0 Å². The van der Waals surface area contributed by atoms with Gasteiger partial charge in [-0.1, -0.05) is 44.0 Å². The zero-order valence-corrected chi connectivity index (χ0v) is 15.6. The molecule has 2 atom stereocenters. The molecule has 0 aliphatic rings. The Morgan fingerprint density at radius 1 is 1.00 bits per heavy atom. The smallest absolute Gasteiger partial charge is 0.139 e. The minimum absolute atomic E-state index is 0.125. The van der Waals surface area contributed by atoms with Crippen LogP contribution in [-0.4, -0.2) is 6.04 Å². The molecule has 0 saturated carbocycles. The van der Waals surface area contributed by atoms with Crippen molar-refractivity contribution >= 4 is 47.8 Å². The Morgan fingerprint density at radius 2 is 1.70 bits per heavy atom. The van der Waals surface area contributed by atoms with Crippen LogP contribution in [0, 0.1) is 0 Å². The molecule has 2 unspecified atom stereocenters. The molecule has 2 aromatic rings. The molecule has 0 amide bonds. The summed E-state index contributed by atoms with van der Waals surface area (Å²) >= 11 is 10.4. The van der Waals surface area contributed by atoms with E-state index in [0.717, 1.165) is 24.7 Å². The Balaban J connectivity index is 2.30. The predicted molar refractivity (Wildman–Crippen MR) is 93.0 cm³/mol. The molecule has 20 heavy (non-hydrogen) atoms. The summed E-state index contributed by atoms with van der Waals surface area (Å²) in [5.41, 5.74) is 7.13. The Kier molecular flexibility index (Phi) is 5.66. The van der Waals surface area contributed by atoms with Crippen molar-refractivity contribution in [2.45, 2.75) is 19.1 Å². The minimum atomic E-state index is -0.204. The number of hydrogen-bond acceptors (Lipinski definition) is 2. The standard InChI is InChI=1S/C15H14Br3NO/c1-9(19)15(10-3-2-4-11(16)7-10)20-14-6-5-12(17)8-13(14)18/h2-9,15H,19H2,1H3. The molecule has 0 aliphatic heterocycles. The highest BCUT2D eigenvalue weighted by molar-refractivity contribution is 9.11. The van der Waals surface area contributed by atoms with Crippen LogP contribution in [0.3, 0.4) is 0 Å². The van der Waals surface area contributed by atoms with Crippen molar-refractivity contribution in [1.82, 2.24) is 0 Å². The van der Waals surface area contributed by atoms with E-state index in [-0.39, 0.29) is 12.1 Å². The molecule has 2 nitrogen and oxygen atoms in total. The van der Waals surface area contributed by atoms with E-state index in [1.807, 2.05) is 49.4 Å². The van der Waals surface area contributed by atoms with Gasteiger partial charge in [0.1, 0.15) is 11.9 Å². The number of hydrogen-bond donors (Lipinski definition) is 1. The van der Waals surface area contributed by atoms with E-state index < -0.39 is 0 Å². The molecule has 5 heteroatoms. The van der Waals surface area contributed by atoms with Gasteiger partial charge < -0.3 is 10.5 Å². The van der Waals surface area contributed by atoms with Gasteiger partial charge >= 0.3 is 0 Å². The Hall–Kier alpha value is -0.360. The summed E-state index contributed by atoms with van der Waals surface area (Å²) in [4.78, 5) is 0. The lowest BCUT2D eigenvalue weighted by atomic mass is 10.0. The van der Waals surface area contributed by atoms with Gasteiger partial charge in [-0.05, 0) is 58.7 Å². The van der Waals surface area contributed by atoms with Crippen molar-refractivity contribution in [3.8, 4) is 5.75 Å². The summed E-state index contributed by atoms with van der Waals surface area (Å²) in [6.45, 7) is 1.94. The monoisotopic (exact) mass is 461 g/mol. The minimum Gasteiger partial charge on any atom is -0.483 e. The SMILES string of the molecule is CC(N)C(Oc1ccc(Br)cc1Br)c1cccc(Br)c1. The van der Waals surface area contributed by atoms with Crippen LogP contribution in [0.5, 0.6) is 5.75 Å². The second kappa shape index (κ2) is 7.07. The quantitative estimate of drug-likeness (QED) is 0.655. The molecule has 0 saturated heterocycles. The van der Waals surface area contributed by atoms with E-state index >= 15 is 0 Å². The first-order chi connectivity index (χ1) is 9.47. The highest BCUT2D eigenvalue weighted by atomic mass is 79.9. The van der Waals surface area contributed by atoms with Gasteiger partial charge in [0, 0.05) is 15.0 Å². The van der Waals surface area contributed by atoms with Crippen molar-refractivity contribution in [3.05, 3.63) is 61.4 Å². The van der Waals surface area contributed by atoms with Gasteiger partial charge in [-0.2, -0.15) is 0 Å². The first kappa shape index (κ1) is 16.0. The average molecular weight is 464 g/mol. The molecule has 0 fully saturated rings. The molecule has 0 spiro atoms. The third-order valence-electron chi connectivity index (χ3n) is 2.80. The van der Waals surface area contributed by atoms with Gasteiger partial charge in [0.15, 0.2) is 0 Å². The van der Waals surface area contributed by atoms with Crippen LogP contribution in [0.15, 0.2) is 55.9 Å². The van der Waals surface area contributed by atoms with Crippen molar-refractivity contribution < 1.29 is 4.74 Å². The summed E-state index contributed by atoms with van der Waals surface area (Å²) in [7, 11) is 0. The first-order valence-corrected chi connectivity index (χ1v) is 8.48. The molecule has 0 bridgehead atoms. The van der Waals surface area contributed by atoms with Gasteiger partial charge in [-0.15, -0.1) is 0 Å². The van der Waals surface area contributed by atoms with Crippen molar-refractivity contribution in [1.29, 1.82) is 0 Å². The number of benzene rings is 2. The van der Waals surface area contributed by atoms with E-state index in [0.29, 0.717) is 0 Å².